The lowest BCUT2D eigenvalue weighted by Gasteiger charge is -2.32. The van der Waals surface area contributed by atoms with E-state index < -0.39 is 23.9 Å². The van der Waals surface area contributed by atoms with Crippen LogP contribution in [-0.2, 0) is 4.79 Å². The largest absolute Gasteiger partial charge is 0.478 e. The van der Waals surface area contributed by atoms with E-state index >= 15 is 0 Å². The Bertz CT molecular complexity index is 262. The molecule has 0 fully saturated rings. The Labute approximate surface area is 116 Å². The maximum atomic E-state index is 10.6. The molecule has 0 heterocycles. The zero-order valence-electron chi connectivity index (χ0n) is 11.3. The summed E-state index contributed by atoms with van der Waals surface area (Å²) in [5, 5.41) is 60.4. The molecule has 0 radical (unpaired) electrons. The van der Waals surface area contributed by atoms with Crippen molar-refractivity contribution in [3.63, 3.8) is 0 Å². The summed E-state index contributed by atoms with van der Waals surface area (Å²) in [5.74, 6) is -1.72. The number of likely N-dealkylation sites (N-methyl/N-ethyl adjacent to an activating group) is 1. The van der Waals surface area contributed by atoms with Crippen molar-refractivity contribution in [3.8, 4) is 0 Å². The molecule has 0 aliphatic rings. The maximum absolute atomic E-state index is 10.6. The number of rotatable bonds is 8. The zero-order chi connectivity index (χ0) is 16.3. The zero-order valence-corrected chi connectivity index (χ0v) is 11.3. The molecule has 0 aliphatic heterocycles. The van der Waals surface area contributed by atoms with Crippen molar-refractivity contribution in [2.45, 2.75) is 30.8 Å². The van der Waals surface area contributed by atoms with Gasteiger partial charge in [-0.3, -0.25) is 0 Å². The Morgan fingerprint density at radius 3 is 1.95 bits per heavy atom. The van der Waals surface area contributed by atoms with Crippen molar-refractivity contribution in [3.05, 3.63) is 0 Å². The van der Waals surface area contributed by atoms with Crippen molar-refractivity contribution >= 4 is 5.97 Å². The summed E-state index contributed by atoms with van der Waals surface area (Å²) in [6, 6.07) is 0. The van der Waals surface area contributed by atoms with Crippen LogP contribution in [0.2, 0.25) is 0 Å². The first kappa shape index (κ1) is 21.4. The first-order valence-electron chi connectivity index (χ1n) is 5.84. The van der Waals surface area contributed by atoms with Crippen LogP contribution in [0.5, 0.6) is 0 Å². The van der Waals surface area contributed by atoms with E-state index in [4.69, 9.17) is 31.4 Å². The molecular weight excluding hydrogens is 276 g/mol. The highest BCUT2D eigenvalue weighted by atomic mass is 16.6. The molecule has 9 N–H and O–H groups in total. The molecule has 0 bridgehead atoms. The summed E-state index contributed by atoms with van der Waals surface area (Å²) >= 11 is 0. The third-order valence-corrected chi connectivity index (χ3v) is 2.38. The maximum Gasteiger partial charge on any atom is 0.356 e. The van der Waals surface area contributed by atoms with Gasteiger partial charge in [0.1, 0.15) is 12.2 Å². The van der Waals surface area contributed by atoms with Gasteiger partial charge in [-0.1, -0.05) is 0 Å². The summed E-state index contributed by atoms with van der Waals surface area (Å²) in [6.45, 7) is -0.463. The van der Waals surface area contributed by atoms with Crippen molar-refractivity contribution < 1.29 is 40.6 Å². The van der Waals surface area contributed by atoms with Crippen molar-refractivity contribution in [1.82, 2.24) is 5.06 Å². The van der Waals surface area contributed by atoms with Gasteiger partial charge >= 0.3 is 5.97 Å². The minimum atomic E-state index is -2.69. The number of hydroxylamine groups is 2. The molecule has 0 saturated carbocycles. The molecule has 2 unspecified atom stereocenters. The molecular formula is C10H24N2O8. The molecule has 0 rings (SSSR count). The van der Waals surface area contributed by atoms with Gasteiger partial charge < -0.3 is 41.6 Å². The van der Waals surface area contributed by atoms with Gasteiger partial charge in [0, 0.05) is 7.05 Å². The molecule has 20 heavy (non-hydrogen) atoms. The average Bonchev–Trinajstić information content (AvgIpc) is 2.42. The van der Waals surface area contributed by atoms with Crippen LogP contribution in [-0.4, -0.2) is 91.6 Å². The Morgan fingerprint density at radius 2 is 1.75 bits per heavy atom. The van der Waals surface area contributed by atoms with Gasteiger partial charge in [0.05, 0.1) is 13.2 Å². The smallest absolute Gasteiger partial charge is 0.356 e. The van der Waals surface area contributed by atoms with E-state index in [1.54, 1.807) is 0 Å². The third kappa shape index (κ3) is 7.07. The summed E-state index contributed by atoms with van der Waals surface area (Å²) in [7, 11) is 0.944. The molecule has 0 aromatic carbocycles. The minimum Gasteiger partial charge on any atom is -0.478 e. The number of nitrogens with zero attached hydrogens (tertiary/aromatic N) is 1. The number of carbonyl (C=O) groups is 1. The second-order valence-electron chi connectivity index (χ2n) is 4.02. The van der Waals surface area contributed by atoms with Crippen LogP contribution in [0.3, 0.4) is 0 Å². The summed E-state index contributed by atoms with van der Waals surface area (Å²) in [5.41, 5.74) is 2.47. The number of aliphatic hydroxyl groups is 5. The molecule has 0 aliphatic carbocycles. The lowest BCUT2D eigenvalue weighted by Crippen LogP contribution is -2.59. The van der Waals surface area contributed by atoms with Crippen molar-refractivity contribution in [2.24, 2.45) is 5.73 Å². The van der Waals surface area contributed by atoms with Crippen LogP contribution >= 0.6 is 0 Å². The number of carboxylic acid groups (broad SMARTS) is 1. The Hall–Kier alpha value is -0.850. The molecule has 0 saturated heterocycles. The Morgan fingerprint density at radius 1 is 1.30 bits per heavy atom. The molecule has 2 atom stereocenters. The summed E-state index contributed by atoms with van der Waals surface area (Å²) < 4.78 is 0. The monoisotopic (exact) mass is 300 g/mol. The molecule has 0 aromatic heterocycles. The van der Waals surface area contributed by atoms with E-state index in [0.29, 0.717) is 6.42 Å². The molecule has 0 spiro atoms. The molecule has 10 heteroatoms. The van der Waals surface area contributed by atoms with Crippen molar-refractivity contribution in [1.29, 1.82) is 0 Å². The fourth-order valence-corrected chi connectivity index (χ4v) is 1.07. The minimum absolute atomic E-state index is 0.00972. The van der Waals surface area contributed by atoms with Gasteiger partial charge in [-0.15, -0.1) is 0 Å². The number of aliphatic hydroxyl groups excluding tert-OH is 4. The number of carboxylic acids is 1. The topological polar surface area (TPSA) is 188 Å². The van der Waals surface area contributed by atoms with Gasteiger partial charge in [0.2, 0.25) is 0 Å². The number of hydrogen-bond acceptors (Lipinski definition) is 9. The SMILES string of the molecule is CN(O)C(O)(C(=O)O)C(O)CCCN.OCC(O)CO. The van der Waals surface area contributed by atoms with Crippen LogP contribution < -0.4 is 5.73 Å². The van der Waals surface area contributed by atoms with Crippen LogP contribution in [0.25, 0.3) is 0 Å². The first-order valence-corrected chi connectivity index (χ1v) is 5.84. The Kier molecular flexibility index (Phi) is 11.7. The Balaban J connectivity index is 0. The van der Waals surface area contributed by atoms with Gasteiger partial charge in [-0.25, -0.2) is 4.79 Å². The molecule has 0 amide bonds. The highest BCUT2D eigenvalue weighted by Crippen LogP contribution is 2.17. The van der Waals surface area contributed by atoms with Gasteiger partial charge in [0.25, 0.3) is 5.72 Å². The van der Waals surface area contributed by atoms with E-state index in [1.165, 1.54) is 0 Å². The summed E-state index contributed by atoms with van der Waals surface area (Å²) in [6.07, 6.45) is -2.21. The van der Waals surface area contributed by atoms with E-state index in [1.807, 2.05) is 0 Å². The normalized spacial score (nSPS) is 15.5. The van der Waals surface area contributed by atoms with Crippen molar-refractivity contribution in [2.75, 3.05) is 26.8 Å². The average molecular weight is 300 g/mol. The number of nitrogens with two attached hydrogens (primary N) is 1. The van der Waals surface area contributed by atoms with E-state index in [9.17, 15) is 15.0 Å². The number of hydrogen-bond donors (Lipinski definition) is 8. The first-order chi connectivity index (χ1) is 9.18. The fraction of sp³-hybridized carbons (Fsp3) is 0.900. The quantitative estimate of drug-likeness (QED) is 0.165. The van der Waals surface area contributed by atoms with E-state index in [0.717, 1.165) is 7.05 Å². The number of aliphatic carboxylic acids is 1. The predicted octanol–water partition coefficient (Wildman–Crippen LogP) is -3.49. The van der Waals surface area contributed by atoms with Crippen LogP contribution in [0.1, 0.15) is 12.8 Å². The fourth-order valence-electron chi connectivity index (χ4n) is 1.07. The standard InChI is InChI=1S/C7H16N2O5.C3H8O3/c1-9(14)7(13,6(11)12)5(10)3-2-4-8;4-1-3(6)2-5/h5,10,13-14H,2-4,8H2,1H3,(H,11,12);3-6H,1-2H2. The lowest BCUT2D eigenvalue weighted by atomic mass is 10.0. The molecule has 0 aromatic rings. The predicted molar refractivity (Wildman–Crippen MR) is 66.6 cm³/mol. The highest BCUT2D eigenvalue weighted by Gasteiger charge is 2.47. The lowest BCUT2D eigenvalue weighted by molar-refractivity contribution is -0.280. The van der Waals surface area contributed by atoms with Crippen LogP contribution in [0.15, 0.2) is 0 Å². The van der Waals surface area contributed by atoms with Crippen LogP contribution in [0, 0.1) is 0 Å². The highest BCUT2D eigenvalue weighted by molar-refractivity contribution is 5.77. The molecule has 10 nitrogen and oxygen atoms in total. The van der Waals surface area contributed by atoms with E-state index in [-0.39, 0.29) is 31.2 Å². The van der Waals surface area contributed by atoms with Crippen LogP contribution in [0.4, 0.5) is 0 Å². The second kappa shape index (κ2) is 10.9. The summed E-state index contributed by atoms with van der Waals surface area (Å²) in [4.78, 5) is 10.6. The third-order valence-electron chi connectivity index (χ3n) is 2.38. The van der Waals surface area contributed by atoms with E-state index in [2.05, 4.69) is 0 Å². The molecule has 122 valence electrons. The second-order valence-corrected chi connectivity index (χ2v) is 4.02. The van der Waals surface area contributed by atoms with Gasteiger partial charge in [-0.05, 0) is 19.4 Å². The van der Waals surface area contributed by atoms with Gasteiger partial charge in [-0.2, -0.15) is 5.06 Å². The van der Waals surface area contributed by atoms with Gasteiger partial charge in [0.15, 0.2) is 0 Å².